The third kappa shape index (κ3) is 3.02. The summed E-state index contributed by atoms with van der Waals surface area (Å²) in [6, 6.07) is 5.98. The van der Waals surface area contributed by atoms with Gasteiger partial charge in [-0.3, -0.25) is 4.79 Å². The van der Waals surface area contributed by atoms with Gasteiger partial charge in [0, 0.05) is 33.6 Å². The van der Waals surface area contributed by atoms with Crippen molar-refractivity contribution in [3.05, 3.63) is 34.4 Å². The molecule has 2 aromatic rings. The zero-order chi connectivity index (χ0) is 13.0. The number of ketones is 1. The van der Waals surface area contributed by atoms with Gasteiger partial charge in [-0.25, -0.2) is 0 Å². The fourth-order valence-corrected chi connectivity index (χ4v) is 2.53. The van der Waals surface area contributed by atoms with Crippen molar-refractivity contribution >= 4 is 32.6 Å². The van der Waals surface area contributed by atoms with E-state index in [1.54, 1.807) is 0 Å². The summed E-state index contributed by atoms with van der Waals surface area (Å²) in [6.45, 7) is 2.18. The number of H-pyrrole nitrogens is 1. The van der Waals surface area contributed by atoms with Crippen LogP contribution in [0.25, 0.3) is 10.9 Å². The van der Waals surface area contributed by atoms with E-state index in [9.17, 15) is 4.79 Å². The highest BCUT2D eigenvalue weighted by Crippen LogP contribution is 2.24. The molecule has 0 unspecified atom stereocenters. The Balaban J connectivity index is 2.10. The second kappa shape index (κ2) is 6.19. The Kier molecular flexibility index (Phi) is 4.59. The summed E-state index contributed by atoms with van der Waals surface area (Å²) in [4.78, 5) is 15.3. The van der Waals surface area contributed by atoms with Crippen molar-refractivity contribution < 1.29 is 4.79 Å². The van der Waals surface area contributed by atoms with Gasteiger partial charge < -0.3 is 4.98 Å². The van der Waals surface area contributed by atoms with Gasteiger partial charge in [0.1, 0.15) is 0 Å². The van der Waals surface area contributed by atoms with Crippen LogP contribution in [0.2, 0.25) is 0 Å². The molecule has 0 spiro atoms. The van der Waals surface area contributed by atoms with E-state index in [1.165, 1.54) is 12.8 Å². The molecule has 3 heteroatoms. The van der Waals surface area contributed by atoms with Crippen molar-refractivity contribution in [1.29, 1.82) is 0 Å². The molecular formula is C15H18BrNO. The molecule has 0 amide bonds. The highest BCUT2D eigenvalue weighted by molar-refractivity contribution is 9.10. The number of aromatic amines is 1. The Hall–Kier alpha value is -1.09. The van der Waals surface area contributed by atoms with Crippen LogP contribution in [0.1, 0.15) is 49.4 Å². The zero-order valence-electron chi connectivity index (χ0n) is 10.6. The van der Waals surface area contributed by atoms with Crippen LogP contribution >= 0.6 is 15.9 Å². The molecule has 0 aliphatic carbocycles. The van der Waals surface area contributed by atoms with Crippen molar-refractivity contribution in [3.8, 4) is 0 Å². The first-order chi connectivity index (χ1) is 8.72. The number of halogens is 1. The van der Waals surface area contributed by atoms with E-state index in [0.29, 0.717) is 6.42 Å². The Morgan fingerprint density at radius 3 is 2.89 bits per heavy atom. The zero-order valence-corrected chi connectivity index (χ0v) is 12.2. The van der Waals surface area contributed by atoms with Crippen LogP contribution in [0.5, 0.6) is 0 Å². The summed E-state index contributed by atoms with van der Waals surface area (Å²) in [5, 5.41) is 1.02. The van der Waals surface area contributed by atoms with Crippen molar-refractivity contribution in [2.24, 2.45) is 0 Å². The molecule has 0 saturated carbocycles. The second-order valence-electron chi connectivity index (χ2n) is 4.63. The van der Waals surface area contributed by atoms with E-state index < -0.39 is 0 Å². The summed E-state index contributed by atoms with van der Waals surface area (Å²) < 4.78 is 1.01. The summed E-state index contributed by atoms with van der Waals surface area (Å²) in [7, 11) is 0. The fourth-order valence-electron chi connectivity index (χ4n) is 2.17. The van der Waals surface area contributed by atoms with Crippen LogP contribution < -0.4 is 0 Å². The third-order valence-electron chi connectivity index (χ3n) is 3.20. The standard InChI is InChI=1S/C15H18BrNO/c1-2-3-4-5-6-15(18)13-10-17-14-8-7-11(16)9-12(13)14/h7-10,17H,2-6H2,1H3. The molecular weight excluding hydrogens is 290 g/mol. The number of rotatable bonds is 6. The summed E-state index contributed by atoms with van der Waals surface area (Å²) >= 11 is 3.45. The maximum absolute atomic E-state index is 12.2. The van der Waals surface area contributed by atoms with Crippen molar-refractivity contribution in [1.82, 2.24) is 4.98 Å². The Morgan fingerprint density at radius 1 is 1.28 bits per heavy atom. The minimum atomic E-state index is 0.246. The van der Waals surface area contributed by atoms with Crippen molar-refractivity contribution in [3.63, 3.8) is 0 Å². The minimum absolute atomic E-state index is 0.246. The van der Waals surface area contributed by atoms with Gasteiger partial charge in [0.2, 0.25) is 0 Å². The largest absolute Gasteiger partial charge is 0.360 e. The monoisotopic (exact) mass is 307 g/mol. The van der Waals surface area contributed by atoms with Crippen LogP contribution in [-0.4, -0.2) is 10.8 Å². The lowest BCUT2D eigenvalue weighted by Crippen LogP contribution is -1.97. The topological polar surface area (TPSA) is 32.9 Å². The molecule has 0 aliphatic heterocycles. The molecule has 1 heterocycles. The predicted octanol–water partition coefficient (Wildman–Crippen LogP) is 5.08. The second-order valence-corrected chi connectivity index (χ2v) is 5.54. The molecule has 0 aliphatic rings. The molecule has 0 fully saturated rings. The number of hydrogen-bond donors (Lipinski definition) is 1. The van der Waals surface area contributed by atoms with Gasteiger partial charge in [-0.05, 0) is 24.6 Å². The van der Waals surface area contributed by atoms with E-state index in [2.05, 4.69) is 27.8 Å². The summed E-state index contributed by atoms with van der Waals surface area (Å²) in [5.41, 5.74) is 1.85. The first kappa shape index (κ1) is 13.3. The van der Waals surface area contributed by atoms with Crippen molar-refractivity contribution in [2.75, 3.05) is 0 Å². The van der Waals surface area contributed by atoms with Gasteiger partial charge in [0.15, 0.2) is 5.78 Å². The molecule has 1 aromatic carbocycles. The number of unbranched alkanes of at least 4 members (excludes halogenated alkanes) is 3. The van der Waals surface area contributed by atoms with Gasteiger partial charge in [0.25, 0.3) is 0 Å². The average molecular weight is 308 g/mol. The number of benzene rings is 1. The van der Waals surface area contributed by atoms with Crippen molar-refractivity contribution in [2.45, 2.75) is 39.0 Å². The maximum atomic E-state index is 12.2. The van der Waals surface area contributed by atoms with Crippen LogP contribution in [0.4, 0.5) is 0 Å². The van der Waals surface area contributed by atoms with Gasteiger partial charge >= 0.3 is 0 Å². The Labute approximate surface area is 116 Å². The number of hydrogen-bond acceptors (Lipinski definition) is 1. The predicted molar refractivity (Wildman–Crippen MR) is 79.1 cm³/mol. The molecule has 0 bridgehead atoms. The average Bonchev–Trinajstić information content (AvgIpc) is 2.77. The van der Waals surface area contributed by atoms with Gasteiger partial charge in [0.05, 0.1) is 0 Å². The van der Waals surface area contributed by atoms with E-state index >= 15 is 0 Å². The van der Waals surface area contributed by atoms with Crippen LogP contribution in [0.3, 0.4) is 0 Å². The number of carbonyl (C=O) groups excluding carboxylic acids is 1. The Bertz CT molecular complexity index is 544. The fraction of sp³-hybridized carbons (Fsp3) is 0.400. The van der Waals surface area contributed by atoms with E-state index in [4.69, 9.17) is 0 Å². The first-order valence-corrected chi connectivity index (χ1v) is 7.31. The molecule has 0 saturated heterocycles. The highest BCUT2D eigenvalue weighted by Gasteiger charge is 2.11. The highest BCUT2D eigenvalue weighted by atomic mass is 79.9. The van der Waals surface area contributed by atoms with Gasteiger partial charge in [-0.15, -0.1) is 0 Å². The van der Waals surface area contributed by atoms with E-state index in [0.717, 1.165) is 33.8 Å². The molecule has 18 heavy (non-hydrogen) atoms. The quantitative estimate of drug-likeness (QED) is 0.585. The smallest absolute Gasteiger partial charge is 0.165 e. The molecule has 1 aromatic heterocycles. The molecule has 1 N–H and O–H groups in total. The van der Waals surface area contributed by atoms with Gasteiger partial charge in [-0.2, -0.15) is 0 Å². The van der Waals surface area contributed by atoms with Crippen LogP contribution in [-0.2, 0) is 0 Å². The van der Waals surface area contributed by atoms with E-state index in [1.807, 2.05) is 24.4 Å². The molecule has 2 nitrogen and oxygen atoms in total. The maximum Gasteiger partial charge on any atom is 0.165 e. The minimum Gasteiger partial charge on any atom is -0.360 e. The summed E-state index contributed by atoms with van der Waals surface area (Å²) in [6.07, 6.45) is 7.04. The summed E-state index contributed by atoms with van der Waals surface area (Å²) in [5.74, 6) is 0.246. The number of fused-ring (bicyclic) bond motifs is 1. The molecule has 96 valence electrons. The van der Waals surface area contributed by atoms with Crippen LogP contribution in [0.15, 0.2) is 28.9 Å². The molecule has 0 radical (unpaired) electrons. The third-order valence-corrected chi connectivity index (χ3v) is 3.69. The van der Waals surface area contributed by atoms with Gasteiger partial charge in [-0.1, -0.05) is 42.1 Å². The van der Waals surface area contributed by atoms with Crippen LogP contribution in [0, 0.1) is 0 Å². The first-order valence-electron chi connectivity index (χ1n) is 6.52. The lowest BCUT2D eigenvalue weighted by atomic mass is 10.0. The lowest BCUT2D eigenvalue weighted by Gasteiger charge is -2.00. The molecule has 2 rings (SSSR count). The SMILES string of the molecule is CCCCCCC(=O)c1c[nH]c2ccc(Br)cc12. The molecule has 0 atom stereocenters. The lowest BCUT2D eigenvalue weighted by molar-refractivity contribution is 0.0981. The van der Waals surface area contributed by atoms with E-state index in [-0.39, 0.29) is 5.78 Å². The Morgan fingerprint density at radius 2 is 2.11 bits per heavy atom. The number of carbonyl (C=O) groups is 1. The number of aromatic nitrogens is 1. The number of Topliss-reactive ketones (excluding diaryl/α,β-unsaturated/α-hetero) is 1. The normalized spacial score (nSPS) is 11.0. The number of nitrogens with one attached hydrogen (secondary N) is 1.